The van der Waals surface area contributed by atoms with E-state index in [-0.39, 0.29) is 12.1 Å². The van der Waals surface area contributed by atoms with Crippen LogP contribution in [0.3, 0.4) is 0 Å². The Bertz CT molecular complexity index is 674. The molecule has 0 bridgehead atoms. The first-order chi connectivity index (χ1) is 10.4. The number of rotatable bonds is 1. The van der Waals surface area contributed by atoms with E-state index in [0.29, 0.717) is 13.1 Å². The van der Waals surface area contributed by atoms with Crippen LogP contribution in [0.5, 0.6) is 0 Å². The summed E-state index contributed by atoms with van der Waals surface area (Å²) >= 11 is 0. The number of nitrogens with zero attached hydrogens (tertiary/aromatic N) is 3. The summed E-state index contributed by atoms with van der Waals surface area (Å²) in [4.78, 5) is 18.3. The number of ether oxygens (including phenoxy) is 1. The average Bonchev–Trinajstić information content (AvgIpc) is 2.93. The lowest BCUT2D eigenvalue weighted by molar-refractivity contribution is 0.0195. The quantitative estimate of drug-likeness (QED) is 0.877. The molecule has 6 nitrogen and oxygen atoms in total. The third-order valence-corrected chi connectivity index (χ3v) is 3.65. The molecule has 3 heterocycles. The lowest BCUT2D eigenvalue weighted by Gasteiger charge is -2.35. The fraction of sp³-hybridized carbons (Fsp3) is 0.500. The number of imidazole rings is 1. The van der Waals surface area contributed by atoms with Crippen molar-refractivity contribution in [2.75, 3.05) is 19.6 Å². The third-order valence-electron chi connectivity index (χ3n) is 3.65. The summed E-state index contributed by atoms with van der Waals surface area (Å²) in [6.07, 6.45) is 5.44. The van der Waals surface area contributed by atoms with E-state index in [9.17, 15) is 4.79 Å². The molecule has 1 aliphatic rings. The van der Waals surface area contributed by atoms with Gasteiger partial charge in [-0.25, -0.2) is 9.78 Å². The molecule has 1 atom stereocenters. The highest BCUT2D eigenvalue weighted by molar-refractivity contribution is 5.68. The van der Waals surface area contributed by atoms with Gasteiger partial charge in [0.15, 0.2) is 0 Å². The van der Waals surface area contributed by atoms with Crippen molar-refractivity contribution in [3.63, 3.8) is 0 Å². The Morgan fingerprint density at radius 3 is 3.00 bits per heavy atom. The molecule has 0 spiro atoms. The number of nitrogens with one attached hydrogen (secondary N) is 1. The second-order valence-electron chi connectivity index (χ2n) is 6.59. The molecule has 1 N–H and O–H groups in total. The Morgan fingerprint density at radius 2 is 2.23 bits per heavy atom. The largest absolute Gasteiger partial charge is 0.444 e. The highest BCUT2D eigenvalue weighted by Crippen LogP contribution is 2.20. The smallest absolute Gasteiger partial charge is 0.410 e. The van der Waals surface area contributed by atoms with Crippen LogP contribution in [0.25, 0.3) is 5.65 Å². The van der Waals surface area contributed by atoms with Gasteiger partial charge in [-0.2, -0.15) is 0 Å². The Kier molecular flexibility index (Phi) is 3.78. The van der Waals surface area contributed by atoms with Crippen molar-refractivity contribution in [2.45, 2.75) is 32.4 Å². The molecule has 22 heavy (non-hydrogen) atoms. The van der Waals surface area contributed by atoms with E-state index >= 15 is 0 Å². The number of amides is 1. The Balaban J connectivity index is 1.73. The second kappa shape index (κ2) is 5.61. The molecule has 0 aromatic carbocycles. The van der Waals surface area contributed by atoms with Gasteiger partial charge in [-0.1, -0.05) is 0 Å². The zero-order chi connectivity index (χ0) is 15.7. The van der Waals surface area contributed by atoms with Crippen LogP contribution in [0.1, 0.15) is 32.4 Å². The number of carbonyl (C=O) groups excluding carboxylic acids is 1. The van der Waals surface area contributed by atoms with Crippen molar-refractivity contribution >= 4 is 11.7 Å². The number of hydrogen-bond donors (Lipinski definition) is 1. The van der Waals surface area contributed by atoms with E-state index in [2.05, 4.69) is 22.4 Å². The van der Waals surface area contributed by atoms with Gasteiger partial charge >= 0.3 is 6.09 Å². The minimum absolute atomic E-state index is 0.1000. The summed E-state index contributed by atoms with van der Waals surface area (Å²) in [6, 6.07) is 4.21. The number of fused-ring (bicyclic) bond motifs is 1. The molecule has 6 heteroatoms. The van der Waals surface area contributed by atoms with Crippen molar-refractivity contribution in [1.82, 2.24) is 19.6 Å². The molecule has 0 radical (unpaired) electrons. The van der Waals surface area contributed by atoms with Crippen LogP contribution in [0.15, 0.2) is 30.7 Å². The number of hydrogen-bond acceptors (Lipinski definition) is 4. The molecule has 0 aliphatic carbocycles. The van der Waals surface area contributed by atoms with E-state index in [1.165, 1.54) is 0 Å². The van der Waals surface area contributed by atoms with Gasteiger partial charge in [0.05, 0.1) is 6.04 Å². The fourth-order valence-electron chi connectivity index (χ4n) is 2.61. The maximum Gasteiger partial charge on any atom is 0.410 e. The predicted molar refractivity (Wildman–Crippen MR) is 83.7 cm³/mol. The van der Waals surface area contributed by atoms with E-state index in [0.717, 1.165) is 17.8 Å². The first-order valence-corrected chi connectivity index (χ1v) is 7.56. The van der Waals surface area contributed by atoms with Gasteiger partial charge in [0.1, 0.15) is 11.2 Å². The summed E-state index contributed by atoms with van der Waals surface area (Å²) < 4.78 is 7.43. The first kappa shape index (κ1) is 14.8. The minimum atomic E-state index is -0.466. The summed E-state index contributed by atoms with van der Waals surface area (Å²) in [5.41, 5.74) is 1.58. The topological polar surface area (TPSA) is 58.9 Å². The lowest BCUT2D eigenvalue weighted by atomic mass is 10.1. The molecular weight excluding hydrogens is 280 g/mol. The summed E-state index contributed by atoms with van der Waals surface area (Å²) in [7, 11) is 0. The molecule has 118 valence electrons. The van der Waals surface area contributed by atoms with Crippen LogP contribution < -0.4 is 5.32 Å². The molecule has 3 rings (SSSR count). The zero-order valence-electron chi connectivity index (χ0n) is 13.2. The second-order valence-corrected chi connectivity index (χ2v) is 6.59. The summed E-state index contributed by atoms with van der Waals surface area (Å²) in [5, 5.41) is 3.45. The SMILES string of the molecule is CC(C)(C)OC(=O)N1CCNC(c2ccn3ccnc3c2)C1. The first-order valence-electron chi connectivity index (χ1n) is 7.56. The van der Waals surface area contributed by atoms with E-state index in [4.69, 9.17) is 4.74 Å². The number of carbonyl (C=O) groups is 1. The van der Waals surface area contributed by atoms with Crippen molar-refractivity contribution < 1.29 is 9.53 Å². The molecule has 2 aromatic rings. The molecule has 1 saturated heterocycles. The number of piperazine rings is 1. The summed E-state index contributed by atoms with van der Waals surface area (Å²) in [5.74, 6) is 0. The van der Waals surface area contributed by atoms with Gasteiger partial charge in [-0.3, -0.25) is 0 Å². The number of aromatic nitrogens is 2. The van der Waals surface area contributed by atoms with Gasteiger partial charge in [0.25, 0.3) is 0 Å². The minimum Gasteiger partial charge on any atom is -0.444 e. The normalized spacial score (nSPS) is 19.4. The van der Waals surface area contributed by atoms with Crippen molar-refractivity contribution in [3.05, 3.63) is 36.3 Å². The molecule has 1 unspecified atom stereocenters. The maximum atomic E-state index is 12.2. The molecule has 1 amide bonds. The Morgan fingerprint density at radius 1 is 1.41 bits per heavy atom. The van der Waals surface area contributed by atoms with Gasteiger partial charge in [-0.15, -0.1) is 0 Å². The van der Waals surface area contributed by atoms with Crippen LogP contribution in [0.4, 0.5) is 4.79 Å². The number of pyridine rings is 1. The molecular formula is C16H22N4O2. The molecule has 0 saturated carbocycles. The van der Waals surface area contributed by atoms with Crippen LogP contribution in [0, 0.1) is 0 Å². The van der Waals surface area contributed by atoms with Crippen LogP contribution in [0.2, 0.25) is 0 Å². The highest BCUT2D eigenvalue weighted by atomic mass is 16.6. The average molecular weight is 302 g/mol. The monoisotopic (exact) mass is 302 g/mol. The van der Waals surface area contributed by atoms with Crippen LogP contribution in [-0.4, -0.2) is 45.6 Å². The van der Waals surface area contributed by atoms with Crippen molar-refractivity contribution in [1.29, 1.82) is 0 Å². The lowest BCUT2D eigenvalue weighted by Crippen LogP contribution is -2.49. The zero-order valence-corrected chi connectivity index (χ0v) is 13.2. The van der Waals surface area contributed by atoms with Crippen LogP contribution in [-0.2, 0) is 4.74 Å². The molecule has 1 aliphatic heterocycles. The van der Waals surface area contributed by atoms with Gasteiger partial charge in [-0.05, 0) is 38.5 Å². The van der Waals surface area contributed by atoms with Crippen molar-refractivity contribution in [2.24, 2.45) is 0 Å². The van der Waals surface area contributed by atoms with Crippen molar-refractivity contribution in [3.8, 4) is 0 Å². The van der Waals surface area contributed by atoms with Crippen LogP contribution >= 0.6 is 0 Å². The molecule has 2 aromatic heterocycles. The van der Waals surface area contributed by atoms with Gasteiger partial charge in [0, 0.05) is 38.2 Å². The predicted octanol–water partition coefficient (Wildman–Crippen LogP) is 2.22. The van der Waals surface area contributed by atoms with E-state index in [1.807, 2.05) is 37.6 Å². The summed E-state index contributed by atoms with van der Waals surface area (Å²) in [6.45, 7) is 7.68. The molecule has 1 fully saturated rings. The Hall–Kier alpha value is -2.08. The van der Waals surface area contributed by atoms with E-state index < -0.39 is 5.60 Å². The van der Waals surface area contributed by atoms with Gasteiger partial charge < -0.3 is 19.4 Å². The van der Waals surface area contributed by atoms with E-state index in [1.54, 1.807) is 11.1 Å². The Labute approximate surface area is 130 Å². The fourth-order valence-corrected chi connectivity index (χ4v) is 2.61. The highest BCUT2D eigenvalue weighted by Gasteiger charge is 2.28. The maximum absolute atomic E-state index is 12.2. The van der Waals surface area contributed by atoms with Gasteiger partial charge in [0.2, 0.25) is 0 Å². The standard InChI is InChI=1S/C16H22N4O2/c1-16(2,3)22-15(21)20-9-5-17-13(11-20)12-4-7-19-8-6-18-14(19)10-12/h4,6-8,10,13,17H,5,9,11H2,1-3H3. The third kappa shape index (κ3) is 3.22.